The SMILES string of the molecule is CNC(=O)c1cncc(-c2cnn3cc(-c4cnn(C5CCC5)c4)c(O[C@H]4CCOC4)nc23)c1. The summed E-state index contributed by atoms with van der Waals surface area (Å²) in [6.07, 6.45) is 15.1. The molecule has 0 aromatic carbocycles. The molecule has 1 aliphatic carbocycles. The molecule has 1 saturated heterocycles. The van der Waals surface area contributed by atoms with Crippen LogP contribution in [0.1, 0.15) is 42.1 Å². The lowest BCUT2D eigenvalue weighted by atomic mass is 9.93. The van der Waals surface area contributed by atoms with E-state index in [1.165, 1.54) is 12.6 Å². The number of rotatable bonds is 6. The summed E-state index contributed by atoms with van der Waals surface area (Å²) in [4.78, 5) is 21.2. The zero-order valence-electron chi connectivity index (χ0n) is 18.8. The predicted molar refractivity (Wildman–Crippen MR) is 124 cm³/mol. The van der Waals surface area contributed by atoms with Gasteiger partial charge in [0, 0.05) is 54.9 Å². The van der Waals surface area contributed by atoms with Crippen molar-refractivity contribution in [2.24, 2.45) is 0 Å². The van der Waals surface area contributed by atoms with Gasteiger partial charge in [-0.3, -0.25) is 14.5 Å². The predicted octanol–water partition coefficient (Wildman–Crippen LogP) is 2.91. The van der Waals surface area contributed by atoms with Crippen molar-refractivity contribution in [2.45, 2.75) is 37.8 Å². The van der Waals surface area contributed by atoms with E-state index in [-0.39, 0.29) is 12.0 Å². The molecule has 34 heavy (non-hydrogen) atoms. The van der Waals surface area contributed by atoms with Gasteiger partial charge in [-0.2, -0.15) is 15.2 Å². The van der Waals surface area contributed by atoms with Crippen LogP contribution in [0.15, 0.2) is 43.2 Å². The number of pyridine rings is 1. The minimum absolute atomic E-state index is 0.0556. The van der Waals surface area contributed by atoms with Gasteiger partial charge in [0.2, 0.25) is 5.88 Å². The number of ether oxygens (including phenoxy) is 2. The molecule has 1 atom stereocenters. The van der Waals surface area contributed by atoms with Gasteiger partial charge in [0.15, 0.2) is 5.65 Å². The quantitative estimate of drug-likeness (QED) is 0.472. The number of hydrogen-bond donors (Lipinski definition) is 1. The molecule has 2 fully saturated rings. The van der Waals surface area contributed by atoms with Crippen molar-refractivity contribution in [3.8, 4) is 28.1 Å². The number of carbonyl (C=O) groups is 1. The van der Waals surface area contributed by atoms with Crippen LogP contribution in [-0.2, 0) is 4.74 Å². The summed E-state index contributed by atoms with van der Waals surface area (Å²) in [5.41, 5.74) is 4.39. The molecule has 1 N–H and O–H groups in total. The summed E-state index contributed by atoms with van der Waals surface area (Å²) in [7, 11) is 1.59. The van der Waals surface area contributed by atoms with E-state index >= 15 is 0 Å². The molecule has 0 unspecified atom stereocenters. The first-order valence-corrected chi connectivity index (χ1v) is 11.5. The molecule has 6 rings (SSSR count). The molecule has 1 saturated carbocycles. The van der Waals surface area contributed by atoms with E-state index in [1.54, 1.807) is 30.0 Å². The third-order valence-corrected chi connectivity index (χ3v) is 6.52. The number of nitrogens with one attached hydrogen (secondary N) is 1. The lowest BCUT2D eigenvalue weighted by Crippen LogP contribution is -2.18. The molecule has 174 valence electrons. The number of carbonyl (C=O) groups excluding carboxylic acids is 1. The third kappa shape index (κ3) is 3.69. The summed E-state index contributed by atoms with van der Waals surface area (Å²) in [6, 6.07) is 2.25. The molecule has 1 amide bonds. The minimum atomic E-state index is -0.199. The lowest BCUT2D eigenvalue weighted by molar-refractivity contribution is 0.0962. The highest BCUT2D eigenvalue weighted by Gasteiger charge is 2.25. The van der Waals surface area contributed by atoms with Crippen molar-refractivity contribution < 1.29 is 14.3 Å². The van der Waals surface area contributed by atoms with Gasteiger partial charge in [-0.05, 0) is 25.3 Å². The maximum absolute atomic E-state index is 12.1. The summed E-state index contributed by atoms with van der Waals surface area (Å²) < 4.78 is 15.6. The fourth-order valence-electron chi connectivity index (χ4n) is 4.33. The number of aromatic nitrogens is 6. The monoisotopic (exact) mass is 459 g/mol. The van der Waals surface area contributed by atoms with Crippen LogP contribution in [0.2, 0.25) is 0 Å². The Morgan fingerprint density at radius 1 is 1.09 bits per heavy atom. The fraction of sp³-hybridized carbons (Fsp3) is 0.375. The highest BCUT2D eigenvalue weighted by molar-refractivity contribution is 5.95. The fourth-order valence-corrected chi connectivity index (χ4v) is 4.33. The second kappa shape index (κ2) is 8.53. The standard InChI is InChI=1S/C24H25N7O3/c1-25-23(32)16-7-15(8-26-9-16)20-11-28-31-13-21(17-10-27-30(12-17)18-3-2-4-18)24(29-22(20)31)34-19-5-6-33-14-19/h7-13,18-19H,2-6,14H2,1H3,(H,25,32)/t19-/m0/s1. The van der Waals surface area contributed by atoms with Gasteiger partial charge in [0.05, 0.1) is 42.8 Å². The zero-order chi connectivity index (χ0) is 23.1. The van der Waals surface area contributed by atoms with Crippen LogP contribution < -0.4 is 10.1 Å². The normalized spacial score (nSPS) is 18.2. The summed E-state index contributed by atoms with van der Waals surface area (Å²) >= 11 is 0. The van der Waals surface area contributed by atoms with Gasteiger partial charge in [0.25, 0.3) is 5.91 Å². The average Bonchev–Trinajstić information content (AvgIpc) is 3.58. The van der Waals surface area contributed by atoms with Gasteiger partial charge in [-0.1, -0.05) is 0 Å². The van der Waals surface area contributed by atoms with Crippen LogP contribution in [0.3, 0.4) is 0 Å². The van der Waals surface area contributed by atoms with E-state index in [2.05, 4.69) is 26.7 Å². The molecule has 10 heteroatoms. The van der Waals surface area contributed by atoms with Gasteiger partial charge in [-0.15, -0.1) is 0 Å². The summed E-state index contributed by atoms with van der Waals surface area (Å²) in [6.45, 7) is 1.22. The van der Waals surface area contributed by atoms with Gasteiger partial charge < -0.3 is 14.8 Å². The molecule has 4 aromatic heterocycles. The maximum Gasteiger partial charge on any atom is 0.252 e. The molecule has 5 heterocycles. The Hall–Kier alpha value is -3.79. The molecule has 0 radical (unpaired) electrons. The number of amides is 1. The van der Waals surface area contributed by atoms with Crippen molar-refractivity contribution in [1.29, 1.82) is 0 Å². The Bertz CT molecular complexity index is 1350. The zero-order valence-corrected chi connectivity index (χ0v) is 18.8. The van der Waals surface area contributed by atoms with Crippen LogP contribution >= 0.6 is 0 Å². The van der Waals surface area contributed by atoms with Crippen LogP contribution in [0.5, 0.6) is 5.88 Å². The van der Waals surface area contributed by atoms with Gasteiger partial charge in [-0.25, -0.2) is 4.52 Å². The van der Waals surface area contributed by atoms with E-state index in [0.717, 1.165) is 41.5 Å². The smallest absolute Gasteiger partial charge is 0.252 e. The molecule has 10 nitrogen and oxygen atoms in total. The number of hydrogen-bond acceptors (Lipinski definition) is 7. The molecule has 0 spiro atoms. The Labute approximate surface area is 195 Å². The maximum atomic E-state index is 12.1. The lowest BCUT2D eigenvalue weighted by Gasteiger charge is -2.25. The first-order chi connectivity index (χ1) is 16.7. The van der Waals surface area contributed by atoms with Crippen molar-refractivity contribution in [3.05, 3.63) is 48.8 Å². The Morgan fingerprint density at radius 3 is 2.76 bits per heavy atom. The van der Waals surface area contributed by atoms with Crippen molar-refractivity contribution in [1.82, 2.24) is 34.7 Å². The van der Waals surface area contributed by atoms with Crippen molar-refractivity contribution >= 4 is 11.6 Å². The van der Waals surface area contributed by atoms with Crippen LogP contribution in [0, 0.1) is 0 Å². The first-order valence-electron chi connectivity index (χ1n) is 11.5. The summed E-state index contributed by atoms with van der Waals surface area (Å²) in [5.74, 6) is 0.322. The van der Waals surface area contributed by atoms with Crippen LogP contribution in [0.4, 0.5) is 0 Å². The van der Waals surface area contributed by atoms with Crippen molar-refractivity contribution in [3.63, 3.8) is 0 Å². The van der Waals surface area contributed by atoms with Gasteiger partial charge in [0.1, 0.15) is 6.10 Å². The number of nitrogens with zero attached hydrogens (tertiary/aromatic N) is 6. The van der Waals surface area contributed by atoms with E-state index in [4.69, 9.17) is 14.5 Å². The molecular formula is C24H25N7O3. The largest absolute Gasteiger partial charge is 0.471 e. The Kier molecular flexibility index (Phi) is 5.21. The topological polar surface area (TPSA) is 108 Å². The average molecular weight is 460 g/mol. The highest BCUT2D eigenvalue weighted by Crippen LogP contribution is 2.36. The van der Waals surface area contributed by atoms with Crippen LogP contribution in [0.25, 0.3) is 27.9 Å². The minimum Gasteiger partial charge on any atom is -0.471 e. The highest BCUT2D eigenvalue weighted by atomic mass is 16.5. The van der Waals surface area contributed by atoms with Crippen molar-refractivity contribution in [2.75, 3.05) is 20.3 Å². The second-order valence-corrected chi connectivity index (χ2v) is 8.72. The molecule has 1 aliphatic heterocycles. The second-order valence-electron chi connectivity index (χ2n) is 8.72. The van der Waals surface area contributed by atoms with E-state index in [1.807, 2.05) is 17.1 Å². The third-order valence-electron chi connectivity index (χ3n) is 6.52. The van der Waals surface area contributed by atoms with E-state index in [0.29, 0.717) is 36.3 Å². The Balaban J connectivity index is 1.44. The first kappa shape index (κ1) is 20.8. The summed E-state index contributed by atoms with van der Waals surface area (Å²) in [5, 5.41) is 11.8. The van der Waals surface area contributed by atoms with Gasteiger partial charge >= 0.3 is 0 Å². The van der Waals surface area contributed by atoms with Crippen LogP contribution in [-0.4, -0.2) is 61.6 Å². The number of fused-ring (bicyclic) bond motifs is 1. The molecular weight excluding hydrogens is 434 g/mol. The molecule has 0 bridgehead atoms. The van der Waals surface area contributed by atoms with E-state index in [9.17, 15) is 4.79 Å². The van der Waals surface area contributed by atoms with E-state index < -0.39 is 0 Å². The Morgan fingerprint density at radius 2 is 2.00 bits per heavy atom. The molecule has 2 aliphatic rings. The molecule has 4 aromatic rings.